The second-order valence-electron chi connectivity index (χ2n) is 7.77. The van der Waals surface area contributed by atoms with Crippen LogP contribution in [-0.2, 0) is 4.79 Å². The molecule has 0 fully saturated rings. The molecule has 11 heteroatoms. The van der Waals surface area contributed by atoms with E-state index in [1.807, 2.05) is 12.1 Å². The van der Waals surface area contributed by atoms with Crippen LogP contribution >= 0.6 is 23.2 Å². The van der Waals surface area contributed by atoms with E-state index in [9.17, 15) is 19.5 Å². The van der Waals surface area contributed by atoms with E-state index in [1.165, 1.54) is 37.3 Å². The summed E-state index contributed by atoms with van der Waals surface area (Å²) >= 11 is 12.2. The van der Waals surface area contributed by atoms with Gasteiger partial charge in [-0.15, -0.1) is 0 Å². The number of anilines is 4. The zero-order chi connectivity index (χ0) is 26.5. The molecule has 4 aromatic rings. The summed E-state index contributed by atoms with van der Waals surface area (Å²) in [6, 6.07) is 17.8. The maximum absolute atomic E-state index is 12.8. The van der Waals surface area contributed by atoms with Crippen LogP contribution in [0.15, 0.2) is 72.9 Å². The number of carbonyl (C=O) groups excluding carboxylic acids is 2. The Morgan fingerprint density at radius 1 is 0.865 bits per heavy atom. The van der Waals surface area contributed by atoms with Gasteiger partial charge in [-0.1, -0.05) is 41.4 Å². The van der Waals surface area contributed by atoms with E-state index in [4.69, 9.17) is 23.2 Å². The lowest BCUT2D eigenvalue weighted by atomic mass is 10.1. The van der Waals surface area contributed by atoms with Gasteiger partial charge in [-0.25, -0.2) is 14.8 Å². The number of carboxylic acid groups (broad SMARTS) is 1. The van der Waals surface area contributed by atoms with E-state index in [-0.39, 0.29) is 38.7 Å². The standard InChI is InChI=1S/C26H19Cl2N5O4/c1-14(34)30-16-7-5-15(6-8-16)21-11-12-29-26(33-21)31-17-9-10-18(25(36)37)22(13-17)32-24(35)23-19(27)3-2-4-20(23)28/h2-13H,1H3,(H,30,34)(H,32,35)(H,36,37)(H,29,31,33). The van der Waals surface area contributed by atoms with Crippen molar-refractivity contribution < 1.29 is 19.5 Å². The smallest absolute Gasteiger partial charge is 0.337 e. The first-order chi connectivity index (χ1) is 17.7. The van der Waals surface area contributed by atoms with E-state index < -0.39 is 11.9 Å². The molecule has 0 atom stereocenters. The molecule has 2 amide bonds. The predicted molar refractivity (Wildman–Crippen MR) is 143 cm³/mol. The van der Waals surface area contributed by atoms with Crippen LogP contribution in [0.4, 0.5) is 23.0 Å². The molecule has 9 nitrogen and oxygen atoms in total. The molecule has 0 aliphatic rings. The number of aromatic nitrogens is 2. The Hall–Kier alpha value is -4.47. The first-order valence-corrected chi connectivity index (χ1v) is 11.6. The van der Waals surface area contributed by atoms with Crippen LogP contribution in [0.5, 0.6) is 0 Å². The van der Waals surface area contributed by atoms with Crippen LogP contribution in [0.1, 0.15) is 27.6 Å². The van der Waals surface area contributed by atoms with Gasteiger partial charge in [-0.05, 0) is 48.5 Å². The Bertz CT molecular complexity index is 1490. The maximum atomic E-state index is 12.8. The molecule has 186 valence electrons. The molecular weight excluding hydrogens is 517 g/mol. The number of nitrogens with one attached hydrogen (secondary N) is 3. The van der Waals surface area contributed by atoms with Gasteiger partial charge in [0.1, 0.15) is 0 Å². The zero-order valence-corrected chi connectivity index (χ0v) is 20.8. The molecule has 3 aromatic carbocycles. The number of carboxylic acids is 1. The highest BCUT2D eigenvalue weighted by molar-refractivity contribution is 6.40. The summed E-state index contributed by atoms with van der Waals surface area (Å²) in [7, 11) is 0. The van der Waals surface area contributed by atoms with Crippen LogP contribution in [0.3, 0.4) is 0 Å². The summed E-state index contributed by atoms with van der Waals surface area (Å²) in [5.74, 6) is -1.80. The third-order valence-electron chi connectivity index (χ3n) is 5.10. The summed E-state index contributed by atoms with van der Waals surface area (Å²) in [5.41, 5.74) is 2.44. The molecule has 0 aliphatic carbocycles. The number of rotatable bonds is 7. The molecule has 4 rings (SSSR count). The third-order valence-corrected chi connectivity index (χ3v) is 5.73. The van der Waals surface area contributed by atoms with Gasteiger partial charge < -0.3 is 21.1 Å². The third kappa shape index (κ3) is 6.21. The van der Waals surface area contributed by atoms with Gasteiger partial charge >= 0.3 is 5.97 Å². The highest BCUT2D eigenvalue weighted by atomic mass is 35.5. The van der Waals surface area contributed by atoms with Crippen LogP contribution < -0.4 is 16.0 Å². The van der Waals surface area contributed by atoms with Gasteiger partial charge in [0.25, 0.3) is 5.91 Å². The Labute approximate surface area is 221 Å². The minimum atomic E-state index is -1.23. The molecule has 0 radical (unpaired) electrons. The van der Waals surface area contributed by atoms with Gasteiger partial charge in [0, 0.05) is 30.1 Å². The number of amides is 2. The van der Waals surface area contributed by atoms with Crippen molar-refractivity contribution in [1.29, 1.82) is 0 Å². The van der Waals surface area contributed by atoms with Gasteiger partial charge in [0.2, 0.25) is 11.9 Å². The van der Waals surface area contributed by atoms with Gasteiger partial charge in [-0.3, -0.25) is 9.59 Å². The number of nitrogens with zero attached hydrogens (tertiary/aromatic N) is 2. The van der Waals surface area contributed by atoms with Crippen LogP contribution in [0.2, 0.25) is 10.0 Å². The van der Waals surface area contributed by atoms with E-state index in [0.717, 1.165) is 5.56 Å². The van der Waals surface area contributed by atoms with Crippen LogP contribution in [0, 0.1) is 0 Å². The zero-order valence-electron chi connectivity index (χ0n) is 19.3. The summed E-state index contributed by atoms with van der Waals surface area (Å²) in [4.78, 5) is 44.5. The maximum Gasteiger partial charge on any atom is 0.337 e. The number of halogens is 2. The molecular formula is C26H19Cl2N5O4. The Balaban J connectivity index is 1.59. The number of benzene rings is 3. The molecule has 0 saturated carbocycles. The van der Waals surface area contributed by atoms with Crippen LogP contribution in [-0.4, -0.2) is 32.9 Å². The van der Waals surface area contributed by atoms with Crippen molar-refractivity contribution in [3.8, 4) is 11.3 Å². The predicted octanol–water partition coefficient (Wildman–Crippen LogP) is 6.10. The average molecular weight is 536 g/mol. The largest absolute Gasteiger partial charge is 0.478 e. The summed E-state index contributed by atoms with van der Waals surface area (Å²) in [6.07, 6.45) is 1.57. The summed E-state index contributed by atoms with van der Waals surface area (Å²) in [5, 5.41) is 18.2. The van der Waals surface area contributed by atoms with E-state index in [0.29, 0.717) is 17.1 Å². The van der Waals surface area contributed by atoms with E-state index >= 15 is 0 Å². The molecule has 0 aliphatic heterocycles. The molecule has 1 heterocycles. The van der Waals surface area contributed by atoms with Gasteiger partial charge in [0.15, 0.2) is 0 Å². The monoisotopic (exact) mass is 535 g/mol. The highest BCUT2D eigenvalue weighted by Gasteiger charge is 2.19. The lowest BCUT2D eigenvalue weighted by Crippen LogP contribution is -2.16. The van der Waals surface area contributed by atoms with Crippen LogP contribution in [0.25, 0.3) is 11.3 Å². The quantitative estimate of drug-likeness (QED) is 0.224. The van der Waals surface area contributed by atoms with Crippen molar-refractivity contribution in [3.63, 3.8) is 0 Å². The first-order valence-electron chi connectivity index (χ1n) is 10.8. The molecule has 4 N–H and O–H groups in total. The number of hydrogen-bond donors (Lipinski definition) is 4. The second kappa shape index (κ2) is 11.1. The number of aromatic carboxylic acids is 1. The fourth-order valence-corrected chi connectivity index (χ4v) is 4.02. The number of hydrogen-bond acceptors (Lipinski definition) is 6. The minimum Gasteiger partial charge on any atom is -0.478 e. The fourth-order valence-electron chi connectivity index (χ4n) is 3.45. The van der Waals surface area contributed by atoms with Crippen molar-refractivity contribution in [2.24, 2.45) is 0 Å². The van der Waals surface area contributed by atoms with Crippen molar-refractivity contribution in [1.82, 2.24) is 9.97 Å². The Morgan fingerprint density at radius 3 is 2.19 bits per heavy atom. The molecule has 0 saturated heterocycles. The molecule has 37 heavy (non-hydrogen) atoms. The van der Waals surface area contributed by atoms with E-state index in [1.54, 1.807) is 30.5 Å². The lowest BCUT2D eigenvalue weighted by Gasteiger charge is -2.13. The summed E-state index contributed by atoms with van der Waals surface area (Å²) in [6.45, 7) is 1.43. The molecule has 0 bridgehead atoms. The average Bonchev–Trinajstić information content (AvgIpc) is 2.84. The topological polar surface area (TPSA) is 133 Å². The molecule has 0 spiro atoms. The SMILES string of the molecule is CC(=O)Nc1ccc(-c2ccnc(Nc3ccc(C(=O)O)c(NC(=O)c4c(Cl)cccc4Cl)c3)n2)cc1. The number of carbonyl (C=O) groups is 3. The van der Waals surface area contributed by atoms with Crippen molar-refractivity contribution >= 4 is 64.0 Å². The Morgan fingerprint density at radius 2 is 1.54 bits per heavy atom. The fraction of sp³-hybridized carbons (Fsp3) is 0.0385. The Kier molecular flexibility index (Phi) is 7.66. The molecule has 1 aromatic heterocycles. The second-order valence-corrected chi connectivity index (χ2v) is 8.58. The molecule has 0 unspecified atom stereocenters. The minimum absolute atomic E-state index is 0.0288. The van der Waals surface area contributed by atoms with Crippen molar-refractivity contribution in [3.05, 3.63) is 94.1 Å². The van der Waals surface area contributed by atoms with Gasteiger partial charge in [0.05, 0.1) is 32.6 Å². The highest BCUT2D eigenvalue weighted by Crippen LogP contribution is 2.28. The lowest BCUT2D eigenvalue weighted by molar-refractivity contribution is -0.114. The van der Waals surface area contributed by atoms with Gasteiger partial charge in [-0.2, -0.15) is 0 Å². The van der Waals surface area contributed by atoms with E-state index in [2.05, 4.69) is 25.9 Å². The van der Waals surface area contributed by atoms with Crippen molar-refractivity contribution in [2.45, 2.75) is 6.92 Å². The summed E-state index contributed by atoms with van der Waals surface area (Å²) < 4.78 is 0. The van der Waals surface area contributed by atoms with Crippen molar-refractivity contribution in [2.75, 3.05) is 16.0 Å². The normalized spacial score (nSPS) is 10.5. The first kappa shape index (κ1) is 25.6.